The predicted octanol–water partition coefficient (Wildman–Crippen LogP) is 7.66. The fourth-order valence-electron chi connectivity index (χ4n) is 4.68. The standard InChI is InChI=1S/C33H31Cl4N3O4S/c1-22(2)38-33(42)31(17-23-9-5-3-6-10-23)39(20-24-13-14-25(34)18-28(24)36)32(41)21-40(30-16-15-26(35)19-29(30)37)45(43,44)27-11-7-4-8-12-27/h3-16,18-19,22,31H,17,20-21H2,1-2H3,(H,38,42)/t31-/m1/s1. The van der Waals surface area contributed by atoms with Crippen molar-refractivity contribution < 1.29 is 18.0 Å². The third-order valence-corrected chi connectivity index (χ3v) is 9.75. The number of amides is 2. The lowest BCUT2D eigenvalue weighted by atomic mass is 10.0. The molecular formula is C33H31Cl4N3O4S. The number of halogens is 4. The predicted molar refractivity (Wildman–Crippen MR) is 182 cm³/mol. The second-order valence-electron chi connectivity index (χ2n) is 10.5. The first kappa shape index (κ1) is 34.6. The number of anilines is 1. The topological polar surface area (TPSA) is 86.8 Å². The number of carbonyl (C=O) groups is 2. The van der Waals surface area contributed by atoms with Crippen molar-refractivity contribution in [2.45, 2.75) is 43.8 Å². The molecule has 0 heterocycles. The third kappa shape index (κ3) is 8.93. The zero-order valence-electron chi connectivity index (χ0n) is 24.5. The van der Waals surface area contributed by atoms with Crippen LogP contribution in [0, 0.1) is 0 Å². The minimum Gasteiger partial charge on any atom is -0.352 e. The molecule has 0 aliphatic heterocycles. The van der Waals surface area contributed by atoms with Crippen LogP contribution in [-0.2, 0) is 32.6 Å². The average molecular weight is 708 g/mol. The number of carbonyl (C=O) groups excluding carboxylic acids is 2. The summed E-state index contributed by atoms with van der Waals surface area (Å²) in [5.41, 5.74) is 1.37. The summed E-state index contributed by atoms with van der Waals surface area (Å²) in [5, 5.41) is 3.92. The van der Waals surface area contributed by atoms with Crippen LogP contribution in [0.1, 0.15) is 25.0 Å². The molecule has 2 amide bonds. The zero-order chi connectivity index (χ0) is 32.7. The van der Waals surface area contributed by atoms with E-state index in [4.69, 9.17) is 46.4 Å². The summed E-state index contributed by atoms with van der Waals surface area (Å²) < 4.78 is 29.1. The second-order valence-corrected chi connectivity index (χ2v) is 14.1. The maximum atomic E-state index is 14.5. The molecule has 0 aliphatic rings. The van der Waals surface area contributed by atoms with Gasteiger partial charge in [-0.05, 0) is 67.4 Å². The van der Waals surface area contributed by atoms with Gasteiger partial charge in [0.15, 0.2) is 0 Å². The highest BCUT2D eigenvalue weighted by Crippen LogP contribution is 2.33. The van der Waals surface area contributed by atoms with Crippen molar-refractivity contribution in [1.82, 2.24) is 10.2 Å². The summed E-state index contributed by atoms with van der Waals surface area (Å²) in [6.45, 7) is 2.85. The summed E-state index contributed by atoms with van der Waals surface area (Å²) in [6, 6.07) is 24.8. The Balaban J connectivity index is 1.84. The molecular weight excluding hydrogens is 676 g/mol. The van der Waals surface area contributed by atoms with E-state index in [-0.39, 0.29) is 39.6 Å². The van der Waals surface area contributed by atoms with Crippen LogP contribution in [0.3, 0.4) is 0 Å². The number of nitrogens with one attached hydrogen (secondary N) is 1. The first-order chi connectivity index (χ1) is 21.4. The SMILES string of the molecule is CC(C)NC(=O)[C@@H](Cc1ccccc1)N(Cc1ccc(Cl)cc1Cl)C(=O)CN(c1ccc(Cl)cc1Cl)S(=O)(=O)c1ccccc1. The van der Waals surface area contributed by atoms with Crippen LogP contribution in [0.25, 0.3) is 0 Å². The van der Waals surface area contributed by atoms with E-state index < -0.39 is 34.4 Å². The molecule has 4 aromatic rings. The number of hydrogen-bond acceptors (Lipinski definition) is 4. The highest BCUT2D eigenvalue weighted by Gasteiger charge is 2.35. The van der Waals surface area contributed by atoms with E-state index in [1.807, 2.05) is 44.2 Å². The molecule has 0 aromatic heterocycles. The molecule has 7 nitrogen and oxygen atoms in total. The van der Waals surface area contributed by atoms with Crippen LogP contribution >= 0.6 is 46.4 Å². The minimum atomic E-state index is -4.31. The Labute approximate surface area is 283 Å². The van der Waals surface area contributed by atoms with Crippen LogP contribution in [0.2, 0.25) is 20.1 Å². The van der Waals surface area contributed by atoms with E-state index in [9.17, 15) is 18.0 Å². The molecule has 0 unspecified atom stereocenters. The molecule has 1 atom stereocenters. The molecule has 0 saturated carbocycles. The van der Waals surface area contributed by atoms with Gasteiger partial charge in [-0.1, -0.05) is 101 Å². The molecule has 0 aliphatic carbocycles. The Morgan fingerprint density at radius 1 is 0.778 bits per heavy atom. The van der Waals surface area contributed by atoms with Crippen molar-refractivity contribution in [3.8, 4) is 0 Å². The van der Waals surface area contributed by atoms with Gasteiger partial charge in [0, 0.05) is 34.1 Å². The van der Waals surface area contributed by atoms with Crippen molar-refractivity contribution in [3.05, 3.63) is 128 Å². The molecule has 0 spiro atoms. The van der Waals surface area contributed by atoms with Crippen LogP contribution in [0.5, 0.6) is 0 Å². The van der Waals surface area contributed by atoms with Gasteiger partial charge in [0.1, 0.15) is 12.6 Å². The summed E-state index contributed by atoms with van der Waals surface area (Å²) in [5.74, 6) is -1.07. The molecule has 4 aromatic carbocycles. The number of sulfonamides is 1. The van der Waals surface area contributed by atoms with E-state index in [1.165, 1.54) is 35.2 Å². The number of nitrogens with zero attached hydrogens (tertiary/aromatic N) is 2. The van der Waals surface area contributed by atoms with Crippen molar-refractivity contribution in [1.29, 1.82) is 0 Å². The van der Waals surface area contributed by atoms with E-state index in [1.54, 1.807) is 36.4 Å². The van der Waals surface area contributed by atoms with Gasteiger partial charge in [0.2, 0.25) is 11.8 Å². The Morgan fingerprint density at radius 2 is 1.36 bits per heavy atom. The lowest BCUT2D eigenvalue weighted by Crippen LogP contribution is -2.54. The van der Waals surface area contributed by atoms with Crippen LogP contribution in [0.15, 0.2) is 102 Å². The van der Waals surface area contributed by atoms with Gasteiger partial charge in [-0.15, -0.1) is 0 Å². The first-order valence-electron chi connectivity index (χ1n) is 14.0. The van der Waals surface area contributed by atoms with Crippen LogP contribution in [-0.4, -0.2) is 43.8 Å². The first-order valence-corrected chi connectivity index (χ1v) is 16.9. The van der Waals surface area contributed by atoms with Crippen molar-refractivity contribution in [3.63, 3.8) is 0 Å². The smallest absolute Gasteiger partial charge is 0.264 e. The van der Waals surface area contributed by atoms with Gasteiger partial charge in [-0.25, -0.2) is 8.42 Å². The van der Waals surface area contributed by atoms with Gasteiger partial charge in [-0.2, -0.15) is 0 Å². The molecule has 0 saturated heterocycles. The normalized spacial score (nSPS) is 12.1. The lowest BCUT2D eigenvalue weighted by molar-refractivity contribution is -0.140. The van der Waals surface area contributed by atoms with Crippen molar-refractivity contribution in [2.24, 2.45) is 0 Å². The van der Waals surface area contributed by atoms with E-state index >= 15 is 0 Å². The maximum absolute atomic E-state index is 14.5. The van der Waals surface area contributed by atoms with Crippen LogP contribution < -0.4 is 9.62 Å². The quantitative estimate of drug-likeness (QED) is 0.164. The summed E-state index contributed by atoms with van der Waals surface area (Å²) in [6.07, 6.45) is 0.156. The monoisotopic (exact) mass is 705 g/mol. The lowest BCUT2D eigenvalue weighted by Gasteiger charge is -2.34. The summed E-state index contributed by atoms with van der Waals surface area (Å²) in [7, 11) is -4.31. The van der Waals surface area contributed by atoms with Crippen molar-refractivity contribution >= 4 is 73.9 Å². The van der Waals surface area contributed by atoms with E-state index in [0.29, 0.717) is 15.6 Å². The second kappa shape index (κ2) is 15.3. The fourth-order valence-corrected chi connectivity index (χ4v) is 7.17. The molecule has 4 rings (SSSR count). The van der Waals surface area contributed by atoms with Crippen LogP contribution in [0.4, 0.5) is 5.69 Å². The largest absolute Gasteiger partial charge is 0.352 e. The van der Waals surface area contributed by atoms with Gasteiger partial charge in [-0.3, -0.25) is 13.9 Å². The van der Waals surface area contributed by atoms with Gasteiger partial charge >= 0.3 is 0 Å². The Kier molecular flexibility index (Phi) is 11.8. The van der Waals surface area contributed by atoms with Gasteiger partial charge < -0.3 is 10.2 Å². The summed E-state index contributed by atoms with van der Waals surface area (Å²) >= 11 is 25.3. The number of hydrogen-bond donors (Lipinski definition) is 1. The highest BCUT2D eigenvalue weighted by atomic mass is 35.5. The average Bonchev–Trinajstić information content (AvgIpc) is 2.99. The molecule has 45 heavy (non-hydrogen) atoms. The molecule has 12 heteroatoms. The Bertz CT molecular complexity index is 1760. The van der Waals surface area contributed by atoms with Gasteiger partial charge in [0.25, 0.3) is 10.0 Å². The van der Waals surface area contributed by atoms with Crippen molar-refractivity contribution in [2.75, 3.05) is 10.8 Å². The van der Waals surface area contributed by atoms with Gasteiger partial charge in [0.05, 0.1) is 15.6 Å². The molecule has 1 N–H and O–H groups in total. The number of benzene rings is 4. The molecule has 0 fully saturated rings. The van der Waals surface area contributed by atoms with E-state index in [0.717, 1.165) is 9.87 Å². The summed E-state index contributed by atoms with van der Waals surface area (Å²) in [4.78, 5) is 29.6. The zero-order valence-corrected chi connectivity index (χ0v) is 28.3. The highest BCUT2D eigenvalue weighted by molar-refractivity contribution is 7.92. The maximum Gasteiger partial charge on any atom is 0.264 e. The molecule has 0 bridgehead atoms. The third-order valence-electron chi connectivity index (χ3n) is 6.85. The molecule has 0 radical (unpaired) electrons. The Morgan fingerprint density at radius 3 is 1.93 bits per heavy atom. The molecule has 236 valence electrons. The number of rotatable bonds is 12. The van der Waals surface area contributed by atoms with E-state index in [2.05, 4.69) is 5.32 Å². The minimum absolute atomic E-state index is 0.0282. The fraction of sp³-hybridized carbons (Fsp3) is 0.212. The Hall–Kier alpha value is -3.27.